The van der Waals surface area contributed by atoms with Gasteiger partial charge in [0.05, 0.1) is 11.8 Å². The van der Waals surface area contributed by atoms with E-state index < -0.39 is 27.0 Å². The molecule has 1 amide bonds. The van der Waals surface area contributed by atoms with Crippen LogP contribution in [0.5, 0.6) is 0 Å². The van der Waals surface area contributed by atoms with E-state index >= 15 is 0 Å². The minimum Gasteiger partial charge on any atom is -0.350 e. The molecule has 3 atom stereocenters. The Bertz CT molecular complexity index is 648. The Kier molecular flexibility index (Phi) is 4.68. The first kappa shape index (κ1) is 19.4. The molecule has 0 aliphatic heterocycles. The van der Waals surface area contributed by atoms with Crippen molar-refractivity contribution in [3.63, 3.8) is 0 Å². The molecule has 6 nitrogen and oxygen atoms in total. The number of hydrogen-bond donors (Lipinski definition) is 2. The molecule has 0 aromatic heterocycles. The van der Waals surface area contributed by atoms with Crippen LogP contribution in [0.25, 0.3) is 0 Å². The van der Waals surface area contributed by atoms with Crippen molar-refractivity contribution in [2.45, 2.75) is 72.4 Å². The van der Waals surface area contributed by atoms with Gasteiger partial charge in [-0.3, -0.25) is 9.59 Å². The first-order chi connectivity index (χ1) is 10.7. The molecule has 0 saturated heterocycles. The minimum atomic E-state index is -3.74. The first-order valence-electron chi connectivity index (χ1n) is 8.55. The third-order valence-electron chi connectivity index (χ3n) is 5.82. The van der Waals surface area contributed by atoms with Gasteiger partial charge in [-0.05, 0) is 51.9 Å². The molecule has 2 bridgehead atoms. The van der Waals surface area contributed by atoms with Gasteiger partial charge >= 0.3 is 0 Å². The highest BCUT2D eigenvalue weighted by atomic mass is 32.2. The lowest BCUT2D eigenvalue weighted by atomic mass is 9.70. The zero-order chi connectivity index (χ0) is 18.6. The molecule has 0 aromatic rings. The molecule has 2 N–H and O–H groups in total. The number of hydrogen-bond acceptors (Lipinski definition) is 4. The molecule has 0 aromatic carbocycles. The second-order valence-electron chi connectivity index (χ2n) is 9.00. The van der Waals surface area contributed by atoms with Gasteiger partial charge in [0.15, 0.2) is 0 Å². The molecular weight excluding hydrogens is 328 g/mol. The molecule has 0 spiro atoms. The lowest BCUT2D eigenvalue weighted by Gasteiger charge is -2.36. The van der Waals surface area contributed by atoms with Crippen LogP contribution in [0.4, 0.5) is 0 Å². The van der Waals surface area contributed by atoms with Crippen molar-refractivity contribution < 1.29 is 18.0 Å². The second-order valence-corrected chi connectivity index (χ2v) is 10.8. The molecular formula is C17H30N2O4S. The highest BCUT2D eigenvalue weighted by Gasteiger charge is 2.65. The van der Waals surface area contributed by atoms with E-state index in [0.717, 1.165) is 6.42 Å². The maximum Gasteiger partial charge on any atom is 0.238 e. The minimum absolute atomic E-state index is 0.0564. The van der Waals surface area contributed by atoms with Crippen LogP contribution in [-0.2, 0) is 19.6 Å². The molecule has 0 unspecified atom stereocenters. The highest BCUT2D eigenvalue weighted by molar-refractivity contribution is 7.89. The van der Waals surface area contributed by atoms with E-state index in [1.165, 1.54) is 6.92 Å². The fourth-order valence-corrected chi connectivity index (χ4v) is 6.33. The topological polar surface area (TPSA) is 92.3 Å². The number of fused-ring (bicyclic) bond motifs is 2. The zero-order valence-corrected chi connectivity index (χ0v) is 16.3. The number of carbonyl (C=O) groups is 2. The molecule has 2 rings (SSSR count). The molecule has 2 aliphatic carbocycles. The van der Waals surface area contributed by atoms with Crippen LogP contribution >= 0.6 is 0 Å². The zero-order valence-electron chi connectivity index (χ0n) is 15.5. The Morgan fingerprint density at radius 1 is 1.33 bits per heavy atom. The summed E-state index contributed by atoms with van der Waals surface area (Å²) >= 11 is 0. The van der Waals surface area contributed by atoms with E-state index in [-0.39, 0.29) is 28.8 Å². The average Bonchev–Trinajstić information content (AvgIpc) is 2.69. The molecule has 7 heteroatoms. The molecule has 0 radical (unpaired) electrons. The molecule has 24 heavy (non-hydrogen) atoms. The summed E-state index contributed by atoms with van der Waals surface area (Å²) in [5, 5.41) is 2.76. The van der Waals surface area contributed by atoms with Crippen molar-refractivity contribution in [2.75, 3.05) is 5.75 Å². The fraction of sp³-hybridized carbons (Fsp3) is 0.882. The van der Waals surface area contributed by atoms with E-state index in [1.54, 1.807) is 0 Å². The summed E-state index contributed by atoms with van der Waals surface area (Å²) in [4.78, 5) is 24.6. The number of Topliss-reactive ketones (excluding diaryl/α,β-unsaturated/α-hetero) is 1. The maximum atomic E-state index is 12.6. The maximum absolute atomic E-state index is 12.6. The Morgan fingerprint density at radius 2 is 1.92 bits per heavy atom. The summed E-state index contributed by atoms with van der Waals surface area (Å²) in [6.45, 7) is 11.0. The molecule has 2 fully saturated rings. The fourth-order valence-electron chi connectivity index (χ4n) is 4.27. The first-order valence-corrected chi connectivity index (χ1v) is 10.2. The predicted molar refractivity (Wildman–Crippen MR) is 92.8 cm³/mol. The molecule has 0 heterocycles. The Hall–Kier alpha value is -0.950. The van der Waals surface area contributed by atoms with Gasteiger partial charge in [0.1, 0.15) is 5.78 Å². The van der Waals surface area contributed by atoms with E-state index in [9.17, 15) is 18.0 Å². The van der Waals surface area contributed by atoms with Crippen molar-refractivity contribution in [2.24, 2.45) is 16.7 Å². The summed E-state index contributed by atoms with van der Waals surface area (Å²) in [6, 6.07) is -0.873. The third kappa shape index (κ3) is 3.38. The summed E-state index contributed by atoms with van der Waals surface area (Å²) < 4.78 is 27.7. The van der Waals surface area contributed by atoms with Crippen LogP contribution in [0.3, 0.4) is 0 Å². The van der Waals surface area contributed by atoms with Crippen LogP contribution in [0, 0.1) is 16.7 Å². The highest BCUT2D eigenvalue weighted by Crippen LogP contribution is 2.64. The average molecular weight is 359 g/mol. The predicted octanol–water partition coefficient (Wildman–Crippen LogP) is 1.60. The van der Waals surface area contributed by atoms with Gasteiger partial charge in [-0.15, -0.1) is 0 Å². The molecule has 138 valence electrons. The molecule has 2 aliphatic rings. The summed E-state index contributed by atoms with van der Waals surface area (Å²) in [7, 11) is -3.74. The number of sulfonamides is 1. The van der Waals surface area contributed by atoms with Crippen molar-refractivity contribution in [1.29, 1.82) is 0 Å². The van der Waals surface area contributed by atoms with Crippen LogP contribution in [-0.4, -0.2) is 37.4 Å². The van der Waals surface area contributed by atoms with Gasteiger partial charge in [0.25, 0.3) is 0 Å². The number of nitrogens with one attached hydrogen (secondary N) is 2. The third-order valence-corrected chi connectivity index (χ3v) is 7.41. The van der Waals surface area contributed by atoms with Crippen molar-refractivity contribution in [3.8, 4) is 0 Å². The standard InChI is InChI=1S/C17H30N2O4S/c1-11(14(21)18-15(2,3)4)19-24(22,23)10-17-8-7-12(9-13(17)20)16(17,5)6/h11-12,19H,7-10H2,1-6H3,(H,18,21)/t11-,12+,17+/m1/s1. The summed E-state index contributed by atoms with van der Waals surface area (Å²) in [6.07, 6.45) is 1.99. The molecule has 2 saturated carbocycles. The Morgan fingerprint density at radius 3 is 2.33 bits per heavy atom. The number of amides is 1. The Balaban J connectivity index is 2.12. The van der Waals surface area contributed by atoms with Crippen LogP contribution in [0.15, 0.2) is 0 Å². The van der Waals surface area contributed by atoms with E-state index in [0.29, 0.717) is 12.8 Å². The van der Waals surface area contributed by atoms with Crippen molar-refractivity contribution >= 4 is 21.7 Å². The second kappa shape index (κ2) is 5.80. The monoisotopic (exact) mass is 358 g/mol. The normalized spacial score (nSPS) is 30.4. The number of rotatable bonds is 5. The van der Waals surface area contributed by atoms with Crippen LogP contribution in [0.2, 0.25) is 0 Å². The largest absolute Gasteiger partial charge is 0.350 e. The van der Waals surface area contributed by atoms with Gasteiger partial charge in [-0.1, -0.05) is 13.8 Å². The quantitative estimate of drug-likeness (QED) is 0.781. The summed E-state index contributed by atoms with van der Waals surface area (Å²) in [5.74, 6) is -0.275. The SMILES string of the molecule is C[C@@H](NS(=O)(=O)C[C@@]12CC[C@@H](CC1=O)C2(C)C)C(=O)NC(C)(C)C. The lowest BCUT2D eigenvalue weighted by molar-refractivity contribution is -0.128. The summed E-state index contributed by atoms with van der Waals surface area (Å²) in [5.41, 5.74) is -1.56. The van der Waals surface area contributed by atoms with E-state index in [4.69, 9.17) is 0 Å². The number of ketones is 1. The van der Waals surface area contributed by atoms with Gasteiger partial charge in [0, 0.05) is 17.4 Å². The van der Waals surface area contributed by atoms with E-state index in [1.807, 2.05) is 34.6 Å². The van der Waals surface area contributed by atoms with Crippen LogP contribution < -0.4 is 10.0 Å². The van der Waals surface area contributed by atoms with Crippen molar-refractivity contribution in [3.05, 3.63) is 0 Å². The van der Waals surface area contributed by atoms with E-state index in [2.05, 4.69) is 10.0 Å². The van der Waals surface area contributed by atoms with Gasteiger partial charge in [-0.2, -0.15) is 0 Å². The number of carbonyl (C=O) groups excluding carboxylic acids is 2. The van der Waals surface area contributed by atoms with Gasteiger partial charge < -0.3 is 5.32 Å². The van der Waals surface area contributed by atoms with Crippen molar-refractivity contribution in [1.82, 2.24) is 10.0 Å². The van der Waals surface area contributed by atoms with Crippen LogP contribution in [0.1, 0.15) is 60.8 Å². The Labute approximate surface area is 145 Å². The lowest BCUT2D eigenvalue weighted by Crippen LogP contribution is -2.53. The van der Waals surface area contributed by atoms with Gasteiger partial charge in [-0.25, -0.2) is 13.1 Å². The smallest absolute Gasteiger partial charge is 0.238 e. The van der Waals surface area contributed by atoms with Gasteiger partial charge in [0.2, 0.25) is 15.9 Å².